The van der Waals surface area contributed by atoms with E-state index in [1.807, 2.05) is 36.4 Å². The average molecular weight is 416 g/mol. The number of anilines is 2. The van der Waals surface area contributed by atoms with Crippen LogP contribution in [-0.4, -0.2) is 29.8 Å². The van der Waals surface area contributed by atoms with E-state index in [1.54, 1.807) is 6.07 Å². The van der Waals surface area contributed by atoms with E-state index in [0.717, 1.165) is 15.7 Å². The molecule has 4 rings (SSSR count). The molecule has 1 aliphatic rings. The first-order valence-electron chi connectivity index (χ1n) is 9.89. The number of benzene rings is 3. The van der Waals surface area contributed by atoms with Crippen LogP contribution in [0.15, 0.2) is 66.7 Å². The lowest BCUT2D eigenvalue weighted by atomic mass is 10.1. The molecule has 3 aromatic rings. The van der Waals surface area contributed by atoms with Crippen LogP contribution in [0, 0.1) is 0 Å². The van der Waals surface area contributed by atoms with Gasteiger partial charge in [0.15, 0.2) is 6.10 Å². The van der Waals surface area contributed by atoms with Gasteiger partial charge in [0.2, 0.25) is 11.8 Å². The molecular weight excluding hydrogens is 396 g/mol. The van der Waals surface area contributed by atoms with Gasteiger partial charge < -0.3 is 10.1 Å². The molecule has 0 spiro atoms. The second kappa shape index (κ2) is 8.39. The van der Waals surface area contributed by atoms with Gasteiger partial charge in [0.05, 0.1) is 11.3 Å². The Hall–Kier alpha value is -4.00. The van der Waals surface area contributed by atoms with Gasteiger partial charge in [-0.05, 0) is 42.6 Å². The van der Waals surface area contributed by atoms with Gasteiger partial charge in [0, 0.05) is 23.9 Å². The molecule has 1 fully saturated rings. The Morgan fingerprint density at radius 1 is 0.903 bits per heavy atom. The SMILES string of the molecule is C[C@H](OC(=O)c1ccc(N2C(=O)CCC2=O)cc1)C(=O)Nc1cccc2ccccc12. The lowest BCUT2D eigenvalue weighted by molar-refractivity contribution is -0.124. The van der Waals surface area contributed by atoms with Gasteiger partial charge in [-0.2, -0.15) is 0 Å². The van der Waals surface area contributed by atoms with Crippen molar-refractivity contribution in [3.8, 4) is 0 Å². The van der Waals surface area contributed by atoms with Crippen LogP contribution in [0.2, 0.25) is 0 Å². The number of hydrogen-bond donors (Lipinski definition) is 1. The standard InChI is InChI=1S/C24H20N2O5/c1-15(23(29)25-20-8-4-6-16-5-2-3-7-19(16)20)31-24(30)17-9-11-18(12-10-17)26-21(27)13-14-22(26)28/h2-12,15H,13-14H2,1H3,(H,25,29)/t15-/m0/s1. The molecule has 0 radical (unpaired) electrons. The third-order valence-corrected chi connectivity index (χ3v) is 5.11. The highest BCUT2D eigenvalue weighted by atomic mass is 16.5. The van der Waals surface area contributed by atoms with Gasteiger partial charge >= 0.3 is 5.97 Å². The third kappa shape index (κ3) is 4.16. The van der Waals surface area contributed by atoms with Crippen LogP contribution in [0.3, 0.4) is 0 Å². The number of nitrogens with one attached hydrogen (secondary N) is 1. The van der Waals surface area contributed by atoms with Crippen LogP contribution in [0.25, 0.3) is 10.8 Å². The maximum Gasteiger partial charge on any atom is 0.338 e. The minimum absolute atomic E-state index is 0.186. The Balaban J connectivity index is 1.41. The molecule has 0 bridgehead atoms. The number of carbonyl (C=O) groups excluding carboxylic acids is 4. The number of hydrogen-bond acceptors (Lipinski definition) is 5. The van der Waals surface area contributed by atoms with Crippen molar-refractivity contribution in [2.45, 2.75) is 25.9 Å². The Kier molecular flexibility index (Phi) is 5.49. The molecule has 7 nitrogen and oxygen atoms in total. The predicted molar refractivity (Wildman–Crippen MR) is 116 cm³/mol. The molecule has 7 heteroatoms. The van der Waals surface area contributed by atoms with E-state index < -0.39 is 18.0 Å². The largest absolute Gasteiger partial charge is 0.449 e. The summed E-state index contributed by atoms with van der Waals surface area (Å²) in [7, 11) is 0. The molecule has 1 N–H and O–H groups in total. The van der Waals surface area contributed by atoms with Gasteiger partial charge in [0.25, 0.3) is 5.91 Å². The van der Waals surface area contributed by atoms with E-state index >= 15 is 0 Å². The zero-order valence-corrected chi connectivity index (χ0v) is 16.8. The summed E-state index contributed by atoms with van der Waals surface area (Å²) in [6, 6.07) is 19.2. The zero-order valence-electron chi connectivity index (χ0n) is 16.8. The summed E-state index contributed by atoms with van der Waals surface area (Å²) < 4.78 is 5.29. The van der Waals surface area contributed by atoms with E-state index in [1.165, 1.54) is 31.2 Å². The summed E-state index contributed by atoms with van der Waals surface area (Å²) in [5, 5.41) is 4.67. The Bertz CT molecular complexity index is 1160. The lowest BCUT2D eigenvalue weighted by Gasteiger charge is -2.16. The average Bonchev–Trinajstić information content (AvgIpc) is 3.12. The van der Waals surface area contributed by atoms with Crippen molar-refractivity contribution in [3.63, 3.8) is 0 Å². The monoisotopic (exact) mass is 416 g/mol. The van der Waals surface area contributed by atoms with Gasteiger partial charge in [-0.15, -0.1) is 0 Å². The highest BCUT2D eigenvalue weighted by Gasteiger charge is 2.30. The van der Waals surface area contributed by atoms with E-state index in [0.29, 0.717) is 11.4 Å². The van der Waals surface area contributed by atoms with Gasteiger partial charge in [0.1, 0.15) is 0 Å². The summed E-state index contributed by atoms with van der Waals surface area (Å²) >= 11 is 0. The molecule has 31 heavy (non-hydrogen) atoms. The molecule has 1 atom stereocenters. The summed E-state index contributed by atoms with van der Waals surface area (Å²) in [5.74, 6) is -1.65. The van der Waals surface area contributed by atoms with Crippen molar-refractivity contribution < 1.29 is 23.9 Å². The summed E-state index contributed by atoms with van der Waals surface area (Å²) in [6.45, 7) is 1.49. The molecule has 0 aliphatic carbocycles. The molecule has 1 aliphatic heterocycles. The van der Waals surface area contributed by atoms with Gasteiger partial charge in [-0.25, -0.2) is 4.79 Å². The minimum Gasteiger partial charge on any atom is -0.449 e. The van der Waals surface area contributed by atoms with Gasteiger partial charge in [-0.1, -0.05) is 36.4 Å². The van der Waals surface area contributed by atoms with Crippen LogP contribution in [0.5, 0.6) is 0 Å². The number of carbonyl (C=O) groups is 4. The maximum atomic E-state index is 12.6. The highest BCUT2D eigenvalue weighted by molar-refractivity contribution is 6.19. The highest BCUT2D eigenvalue weighted by Crippen LogP contribution is 2.24. The Morgan fingerprint density at radius 2 is 1.55 bits per heavy atom. The predicted octanol–water partition coefficient (Wildman–Crippen LogP) is 3.68. The van der Waals surface area contributed by atoms with Crippen molar-refractivity contribution in [3.05, 3.63) is 72.3 Å². The Morgan fingerprint density at radius 3 is 2.26 bits per heavy atom. The quantitative estimate of drug-likeness (QED) is 0.506. The first-order chi connectivity index (χ1) is 14.9. The first-order valence-corrected chi connectivity index (χ1v) is 9.89. The Labute approximate surface area is 178 Å². The fraction of sp³-hybridized carbons (Fsp3) is 0.167. The van der Waals surface area contributed by atoms with E-state index in [4.69, 9.17) is 4.74 Å². The molecule has 1 saturated heterocycles. The number of fused-ring (bicyclic) bond motifs is 1. The second-order valence-electron chi connectivity index (χ2n) is 7.23. The normalized spacial score (nSPS) is 14.5. The van der Waals surface area contributed by atoms with E-state index in [-0.39, 0.29) is 30.2 Å². The van der Waals surface area contributed by atoms with Crippen LogP contribution in [0.4, 0.5) is 11.4 Å². The fourth-order valence-corrected chi connectivity index (χ4v) is 3.46. The van der Waals surface area contributed by atoms with Crippen LogP contribution >= 0.6 is 0 Å². The number of rotatable bonds is 5. The van der Waals surface area contributed by atoms with Crippen molar-refractivity contribution in [2.24, 2.45) is 0 Å². The summed E-state index contributed by atoms with van der Waals surface area (Å²) in [4.78, 5) is 49.7. The molecule has 156 valence electrons. The molecule has 1 heterocycles. The second-order valence-corrected chi connectivity index (χ2v) is 7.23. The van der Waals surface area contributed by atoms with Crippen LogP contribution in [-0.2, 0) is 19.1 Å². The molecule has 0 unspecified atom stereocenters. The zero-order chi connectivity index (χ0) is 22.0. The maximum absolute atomic E-state index is 12.6. The number of amides is 3. The first kappa shape index (κ1) is 20.3. The summed E-state index contributed by atoms with van der Waals surface area (Å²) in [5.41, 5.74) is 1.26. The molecule has 0 aromatic heterocycles. The van der Waals surface area contributed by atoms with Gasteiger partial charge in [-0.3, -0.25) is 19.3 Å². The number of imide groups is 1. The number of esters is 1. The topological polar surface area (TPSA) is 92.8 Å². The van der Waals surface area contributed by atoms with E-state index in [9.17, 15) is 19.2 Å². The van der Waals surface area contributed by atoms with E-state index in [2.05, 4.69) is 5.32 Å². The fourth-order valence-electron chi connectivity index (χ4n) is 3.46. The summed E-state index contributed by atoms with van der Waals surface area (Å²) in [6.07, 6.45) is -0.648. The van der Waals surface area contributed by atoms with Crippen molar-refractivity contribution in [1.29, 1.82) is 0 Å². The smallest absolute Gasteiger partial charge is 0.338 e. The molecule has 3 amide bonds. The molecule has 3 aromatic carbocycles. The van der Waals surface area contributed by atoms with Crippen molar-refractivity contribution in [1.82, 2.24) is 0 Å². The van der Waals surface area contributed by atoms with Crippen LogP contribution in [0.1, 0.15) is 30.1 Å². The van der Waals surface area contributed by atoms with Crippen molar-refractivity contribution in [2.75, 3.05) is 10.2 Å². The number of ether oxygens (including phenoxy) is 1. The van der Waals surface area contributed by atoms with Crippen LogP contribution < -0.4 is 10.2 Å². The van der Waals surface area contributed by atoms with Crippen molar-refractivity contribution >= 4 is 45.8 Å². The minimum atomic E-state index is -1.02. The molecular formula is C24H20N2O5. The third-order valence-electron chi connectivity index (χ3n) is 5.11. The molecule has 0 saturated carbocycles. The lowest BCUT2D eigenvalue weighted by Crippen LogP contribution is -2.30. The number of nitrogens with zero attached hydrogens (tertiary/aromatic N) is 1.